The fourth-order valence-electron chi connectivity index (χ4n) is 3.77. The van der Waals surface area contributed by atoms with Crippen molar-refractivity contribution in [2.24, 2.45) is 0 Å². The first kappa shape index (κ1) is 18.3. The van der Waals surface area contributed by atoms with E-state index >= 15 is 0 Å². The molecule has 1 aliphatic carbocycles. The minimum atomic E-state index is -0.298. The average molecular weight is 385 g/mol. The first-order valence-electron chi connectivity index (χ1n) is 9.66. The molecule has 27 heavy (non-hydrogen) atoms. The van der Waals surface area contributed by atoms with Crippen LogP contribution in [0.3, 0.4) is 0 Å². The second-order valence-electron chi connectivity index (χ2n) is 7.32. The number of nitrogens with zero attached hydrogens (tertiary/aromatic N) is 2. The predicted molar refractivity (Wildman–Crippen MR) is 107 cm³/mol. The van der Waals surface area contributed by atoms with E-state index < -0.39 is 0 Å². The molecule has 1 fully saturated rings. The maximum Gasteiger partial charge on any atom is 0.319 e. The number of rotatable bonds is 5. The van der Waals surface area contributed by atoms with E-state index in [0.717, 1.165) is 19.3 Å². The molecule has 0 spiro atoms. The zero-order valence-electron chi connectivity index (χ0n) is 15.5. The summed E-state index contributed by atoms with van der Waals surface area (Å²) < 4.78 is 7.02. The van der Waals surface area contributed by atoms with Crippen molar-refractivity contribution >= 4 is 28.6 Å². The molecule has 142 valence electrons. The number of allylic oxidation sites excluding steroid dienone is 2. The number of fused-ring (bicyclic) bond motifs is 1. The molecular weight excluding hydrogens is 360 g/mol. The van der Waals surface area contributed by atoms with Gasteiger partial charge in [0.05, 0.1) is 10.9 Å². The Bertz CT molecular complexity index is 950. The summed E-state index contributed by atoms with van der Waals surface area (Å²) in [5.41, 5.74) is 2.07. The maximum atomic E-state index is 13.1. The molecule has 1 aromatic carbocycles. The fourth-order valence-corrected chi connectivity index (χ4v) is 4.99. The predicted octanol–water partition coefficient (Wildman–Crippen LogP) is 4.08. The SMILES string of the molecule is CC1CC(Sc2nc3ccccc3c(=O)n2CCC2=CCCCC2)C(=O)O1. The Morgan fingerprint density at radius 2 is 2.11 bits per heavy atom. The molecule has 0 radical (unpaired) electrons. The first-order valence-corrected chi connectivity index (χ1v) is 10.5. The first-order chi connectivity index (χ1) is 13.1. The highest BCUT2D eigenvalue weighted by Gasteiger charge is 2.34. The van der Waals surface area contributed by atoms with Gasteiger partial charge in [0.15, 0.2) is 5.16 Å². The van der Waals surface area contributed by atoms with Crippen molar-refractivity contribution in [3.05, 3.63) is 46.3 Å². The van der Waals surface area contributed by atoms with Crippen molar-refractivity contribution in [2.75, 3.05) is 0 Å². The summed E-state index contributed by atoms with van der Waals surface area (Å²) in [5.74, 6) is -0.212. The molecule has 1 aromatic heterocycles. The smallest absolute Gasteiger partial charge is 0.319 e. The van der Waals surface area contributed by atoms with E-state index in [0.29, 0.717) is 29.0 Å². The van der Waals surface area contributed by atoms with Gasteiger partial charge in [0.2, 0.25) is 0 Å². The van der Waals surface area contributed by atoms with Crippen molar-refractivity contribution in [3.8, 4) is 0 Å². The van der Waals surface area contributed by atoms with Crippen LogP contribution in [0.5, 0.6) is 0 Å². The maximum absolute atomic E-state index is 13.1. The summed E-state index contributed by atoms with van der Waals surface area (Å²) in [6.07, 6.45) is 8.47. The number of cyclic esters (lactones) is 1. The van der Waals surface area contributed by atoms with Gasteiger partial charge in [0.25, 0.3) is 5.56 Å². The lowest BCUT2D eigenvalue weighted by Gasteiger charge is -2.17. The molecule has 2 aromatic rings. The number of esters is 1. The highest BCUT2D eigenvalue weighted by atomic mass is 32.2. The Kier molecular flexibility index (Phi) is 5.34. The van der Waals surface area contributed by atoms with Crippen molar-refractivity contribution in [2.45, 2.75) is 68.5 Å². The second-order valence-corrected chi connectivity index (χ2v) is 8.49. The topological polar surface area (TPSA) is 61.2 Å². The second kappa shape index (κ2) is 7.89. The molecule has 0 N–H and O–H groups in total. The molecule has 1 saturated heterocycles. The van der Waals surface area contributed by atoms with Gasteiger partial charge in [-0.1, -0.05) is 35.5 Å². The zero-order valence-corrected chi connectivity index (χ0v) is 16.3. The Labute approximate surface area is 162 Å². The summed E-state index contributed by atoms with van der Waals surface area (Å²) in [7, 11) is 0. The number of carbonyl (C=O) groups is 1. The van der Waals surface area contributed by atoms with Crippen LogP contribution in [0.1, 0.15) is 45.4 Å². The molecule has 2 aliphatic rings. The molecule has 6 heteroatoms. The number of hydrogen-bond donors (Lipinski definition) is 0. The van der Waals surface area contributed by atoms with Crippen LogP contribution in [0, 0.1) is 0 Å². The molecule has 4 rings (SSSR count). The lowest BCUT2D eigenvalue weighted by Crippen LogP contribution is -2.25. The Balaban J connectivity index is 1.67. The molecule has 2 heterocycles. The van der Waals surface area contributed by atoms with E-state index in [2.05, 4.69) is 6.08 Å². The van der Waals surface area contributed by atoms with E-state index in [1.54, 1.807) is 4.57 Å². The van der Waals surface area contributed by atoms with Crippen LogP contribution in [0.15, 0.2) is 45.9 Å². The highest BCUT2D eigenvalue weighted by molar-refractivity contribution is 8.00. The monoisotopic (exact) mass is 384 g/mol. The largest absolute Gasteiger partial charge is 0.462 e. The van der Waals surface area contributed by atoms with Crippen molar-refractivity contribution in [3.63, 3.8) is 0 Å². The molecule has 0 saturated carbocycles. The van der Waals surface area contributed by atoms with Gasteiger partial charge in [0, 0.05) is 13.0 Å². The van der Waals surface area contributed by atoms with Crippen LogP contribution in [0.4, 0.5) is 0 Å². The summed E-state index contributed by atoms with van der Waals surface area (Å²) in [6, 6.07) is 7.42. The van der Waals surface area contributed by atoms with E-state index in [9.17, 15) is 9.59 Å². The molecular formula is C21H24N2O3S. The van der Waals surface area contributed by atoms with Crippen molar-refractivity contribution in [1.29, 1.82) is 0 Å². The van der Waals surface area contributed by atoms with E-state index in [-0.39, 0.29) is 22.9 Å². The highest BCUT2D eigenvalue weighted by Crippen LogP contribution is 2.32. The molecule has 2 unspecified atom stereocenters. The average Bonchev–Trinajstić information content (AvgIpc) is 2.99. The minimum Gasteiger partial charge on any atom is -0.462 e. The third-order valence-electron chi connectivity index (χ3n) is 5.24. The van der Waals surface area contributed by atoms with Gasteiger partial charge in [-0.05, 0) is 51.2 Å². The lowest BCUT2D eigenvalue weighted by molar-refractivity contribution is -0.140. The summed E-state index contributed by atoms with van der Waals surface area (Å²) in [4.78, 5) is 29.9. The minimum absolute atomic E-state index is 0.0288. The van der Waals surface area contributed by atoms with Crippen LogP contribution in [-0.4, -0.2) is 26.9 Å². The van der Waals surface area contributed by atoms with Gasteiger partial charge >= 0.3 is 5.97 Å². The number of para-hydroxylation sites is 1. The van der Waals surface area contributed by atoms with Crippen LogP contribution in [-0.2, 0) is 16.1 Å². The third-order valence-corrected chi connectivity index (χ3v) is 6.43. The van der Waals surface area contributed by atoms with Gasteiger partial charge in [0.1, 0.15) is 11.4 Å². The van der Waals surface area contributed by atoms with Gasteiger partial charge in [-0.25, -0.2) is 4.98 Å². The summed E-state index contributed by atoms with van der Waals surface area (Å²) >= 11 is 1.36. The quantitative estimate of drug-likeness (QED) is 0.442. The van der Waals surface area contributed by atoms with Gasteiger partial charge in [-0.3, -0.25) is 14.2 Å². The Morgan fingerprint density at radius 1 is 1.26 bits per heavy atom. The number of benzene rings is 1. The number of ether oxygens (including phenoxy) is 1. The fraction of sp³-hybridized carbons (Fsp3) is 0.476. The van der Waals surface area contributed by atoms with Crippen molar-refractivity contribution < 1.29 is 9.53 Å². The third kappa shape index (κ3) is 3.95. The van der Waals surface area contributed by atoms with Crippen LogP contribution in [0.2, 0.25) is 0 Å². The van der Waals surface area contributed by atoms with Gasteiger partial charge in [-0.15, -0.1) is 0 Å². The number of thioether (sulfide) groups is 1. The van der Waals surface area contributed by atoms with Crippen molar-refractivity contribution in [1.82, 2.24) is 9.55 Å². The Morgan fingerprint density at radius 3 is 2.85 bits per heavy atom. The summed E-state index contributed by atoms with van der Waals surface area (Å²) in [5, 5.41) is 0.946. The summed E-state index contributed by atoms with van der Waals surface area (Å²) in [6.45, 7) is 2.50. The molecule has 0 amide bonds. The standard InChI is InChI=1S/C21H24N2O3S/c1-14-13-18(20(25)26-14)27-21-22-17-10-6-5-9-16(17)19(24)23(21)12-11-15-7-3-2-4-8-15/h5-7,9-10,14,18H,2-4,8,11-13H2,1H3. The van der Waals surface area contributed by atoms with E-state index in [1.807, 2.05) is 31.2 Å². The van der Waals surface area contributed by atoms with Gasteiger partial charge < -0.3 is 4.74 Å². The normalized spacial score (nSPS) is 22.7. The lowest BCUT2D eigenvalue weighted by atomic mass is 9.97. The Hall–Kier alpha value is -2.08. The number of aromatic nitrogens is 2. The van der Waals surface area contributed by atoms with E-state index in [4.69, 9.17) is 9.72 Å². The molecule has 5 nitrogen and oxygen atoms in total. The molecule has 1 aliphatic heterocycles. The van der Waals surface area contributed by atoms with Crippen LogP contribution in [0.25, 0.3) is 10.9 Å². The number of carbonyl (C=O) groups excluding carboxylic acids is 1. The van der Waals surface area contributed by atoms with Crippen LogP contribution < -0.4 is 5.56 Å². The van der Waals surface area contributed by atoms with Crippen LogP contribution >= 0.6 is 11.8 Å². The number of hydrogen-bond acceptors (Lipinski definition) is 5. The molecule has 0 bridgehead atoms. The van der Waals surface area contributed by atoms with Gasteiger partial charge in [-0.2, -0.15) is 0 Å². The zero-order chi connectivity index (χ0) is 18.8. The van der Waals surface area contributed by atoms with E-state index in [1.165, 1.54) is 30.2 Å². The molecule has 2 atom stereocenters.